The molecule has 0 saturated heterocycles. The van der Waals surface area contributed by atoms with Crippen LogP contribution in [0.2, 0.25) is 0 Å². The summed E-state index contributed by atoms with van der Waals surface area (Å²) in [6.45, 7) is 0. The van der Waals surface area contributed by atoms with Crippen molar-refractivity contribution >= 4 is 116 Å². The summed E-state index contributed by atoms with van der Waals surface area (Å²) in [6.07, 6.45) is 0. The van der Waals surface area contributed by atoms with Crippen LogP contribution in [0.4, 0.5) is 51.2 Å². The highest BCUT2D eigenvalue weighted by atomic mass is 16.5. The molecular weight excluding hydrogens is 1760 g/mol. The van der Waals surface area contributed by atoms with E-state index < -0.39 is 10.8 Å². The second kappa shape index (κ2) is 35.6. The summed E-state index contributed by atoms with van der Waals surface area (Å²) in [5, 5.41) is 10.6. The summed E-state index contributed by atoms with van der Waals surface area (Å²) in [5.74, 6) is 3.56. The molecule has 0 amide bonds. The molecule has 0 saturated carbocycles. The first-order chi connectivity index (χ1) is 71.9. The Bertz CT molecular complexity index is 9150. The summed E-state index contributed by atoms with van der Waals surface area (Å²) >= 11 is 0. The quantitative estimate of drug-likeness (QED) is 0.119. The van der Waals surface area contributed by atoms with E-state index in [-0.39, 0.29) is 0 Å². The average molecular weight is 1850 g/mol. The third kappa shape index (κ3) is 14.3. The lowest BCUT2D eigenvalue weighted by Gasteiger charge is -2.48. The lowest BCUT2D eigenvalue weighted by molar-refractivity contribution is 0.434. The van der Waals surface area contributed by atoms with Crippen molar-refractivity contribution in [3.63, 3.8) is 0 Å². The Morgan fingerprint density at radius 1 is 0.166 bits per heavy atom. The molecule has 0 unspecified atom stereocenters. The molecule has 680 valence electrons. The third-order valence-electron chi connectivity index (χ3n) is 29.5. The Morgan fingerprint density at radius 2 is 0.421 bits per heavy atom. The average Bonchev–Trinajstić information content (AvgIpc) is 0.683. The molecule has 8 heteroatoms. The molecule has 0 atom stereocenters. The number of anilines is 9. The van der Waals surface area contributed by atoms with E-state index in [9.17, 15) is 0 Å². The smallest absolute Gasteiger partial charge is 0.132 e. The number of ether oxygens (including phenoxy) is 2. The molecule has 29 rings (SSSR count). The third-order valence-corrected chi connectivity index (χ3v) is 29.5. The number of hydrogen-bond donors (Lipinski definition) is 0. The van der Waals surface area contributed by atoms with Crippen molar-refractivity contribution in [1.29, 1.82) is 0 Å². The largest absolute Gasteiger partial charge is 0.457 e. The molecule has 25 aromatic rings. The van der Waals surface area contributed by atoms with Crippen molar-refractivity contribution in [1.82, 2.24) is 15.0 Å². The van der Waals surface area contributed by atoms with Gasteiger partial charge in [-0.15, -0.1) is 0 Å². The molecule has 3 aromatic heterocycles. The first-order valence-electron chi connectivity index (χ1n) is 49.5. The van der Waals surface area contributed by atoms with Crippen molar-refractivity contribution in [3.05, 3.63) is 590 Å². The van der Waals surface area contributed by atoms with Crippen LogP contribution in [-0.2, 0) is 10.8 Å². The first-order valence-corrected chi connectivity index (χ1v) is 49.5. The van der Waals surface area contributed by atoms with E-state index in [0.717, 1.165) is 168 Å². The number of aromatic nitrogens is 3. The van der Waals surface area contributed by atoms with E-state index in [1.54, 1.807) is 0 Å². The Morgan fingerprint density at radius 3 is 0.793 bits per heavy atom. The molecule has 22 aromatic carbocycles. The fourth-order valence-corrected chi connectivity index (χ4v) is 23.1. The van der Waals surface area contributed by atoms with Gasteiger partial charge in [-0.2, -0.15) is 0 Å². The van der Waals surface area contributed by atoms with Crippen molar-refractivity contribution < 1.29 is 9.47 Å². The molecule has 0 bridgehead atoms. The molecule has 8 nitrogen and oxygen atoms in total. The summed E-state index contributed by atoms with van der Waals surface area (Å²) in [6, 6.07) is 195. The van der Waals surface area contributed by atoms with Gasteiger partial charge >= 0.3 is 0 Å². The standard InChI is InChI=1S/C50H32N2O.C44H28N2O.C43H30N2/c1-2-14-33(15-3-1)35-28-31-44-39(32-35)37-16-4-5-17-38(37)49(51-44)34-26-29-36(30-27-34)52-45-22-10-6-18-40(45)50(41-19-7-11-23-46(41)52)42-20-8-12-24-47(42)53-48-25-13-9-21-43(48)50;1-2-15-33-31(13-1)32-14-3-8-20-38(32)45-43(33)29-25-27-30(28-26-29)46-39-21-9-4-16-34(39)44(35-17-5-10-22-40(35)46)36-18-6-11-23-41(36)47-42-24-12-7-19-37(42)44;1-3-12-31(13-4-1)33-22-26-36(27-23-33)45(38-17-11-16-35(30-38)32-14-5-2-6-15-32)37-28-24-34(25-29-37)43-41-20-8-7-18-39(41)40-19-9-10-21-42(40)44-43/h1-32H;1-28H;1-30H. The maximum atomic E-state index is 6.57. The Kier molecular flexibility index (Phi) is 20.9. The molecule has 0 N–H and O–H groups in total. The zero-order valence-corrected chi connectivity index (χ0v) is 79.0. The molecule has 2 spiro atoms. The topological polar surface area (TPSA) is 66.9 Å². The van der Waals surface area contributed by atoms with Crippen LogP contribution in [0.5, 0.6) is 23.0 Å². The summed E-state index contributed by atoms with van der Waals surface area (Å²) < 4.78 is 13.1. The van der Waals surface area contributed by atoms with Gasteiger partial charge in [0.25, 0.3) is 0 Å². The van der Waals surface area contributed by atoms with Crippen LogP contribution in [0, 0.1) is 0 Å². The number of hydrogen-bond acceptors (Lipinski definition) is 8. The van der Waals surface area contributed by atoms with E-state index in [1.165, 1.54) is 82.6 Å². The predicted octanol–water partition coefficient (Wildman–Crippen LogP) is 36.2. The van der Waals surface area contributed by atoms with Gasteiger partial charge in [0.15, 0.2) is 0 Å². The van der Waals surface area contributed by atoms with E-state index in [1.807, 2.05) is 0 Å². The maximum absolute atomic E-state index is 6.57. The van der Waals surface area contributed by atoms with Crippen molar-refractivity contribution in [2.75, 3.05) is 14.7 Å². The zero-order valence-electron chi connectivity index (χ0n) is 79.0. The van der Waals surface area contributed by atoms with E-state index >= 15 is 0 Å². The normalized spacial score (nSPS) is 12.9. The molecule has 4 aliphatic rings. The minimum atomic E-state index is -0.552. The number of rotatable bonds is 11. The van der Waals surface area contributed by atoms with Crippen LogP contribution in [-0.4, -0.2) is 15.0 Å². The van der Waals surface area contributed by atoms with Crippen molar-refractivity contribution in [3.8, 4) is 90.2 Å². The number of benzene rings is 22. The number of para-hydroxylation sites is 10. The lowest BCUT2D eigenvalue weighted by Crippen LogP contribution is -2.39. The highest BCUT2D eigenvalue weighted by molar-refractivity contribution is 6.14. The maximum Gasteiger partial charge on any atom is 0.132 e. The SMILES string of the molecule is c1ccc(-c2ccc(N(c3ccc(-c4nc5ccccc5c5ccccc45)cc3)c3cccc(-c4ccccc4)c3)cc2)cc1.c1ccc(-c2ccc3nc(-c4ccc(N5c6ccccc6C6(c7ccccc7Oc7ccccc76)c6ccccc65)cc4)c4ccccc4c3c2)cc1.c1ccc2c(c1)Oc1ccccc1C21c2ccccc2N(c2ccc(-c3nc4ccccc4c4ccccc34)cc2)c2ccccc21. The minimum absolute atomic E-state index is 0.539. The van der Waals surface area contributed by atoms with E-state index in [4.69, 9.17) is 24.4 Å². The van der Waals surface area contributed by atoms with Gasteiger partial charge in [0, 0.05) is 99.7 Å². The van der Waals surface area contributed by atoms with Crippen molar-refractivity contribution in [2.24, 2.45) is 0 Å². The Hall–Kier alpha value is -19.2. The molecular formula is C137H90N6O2. The van der Waals surface area contributed by atoms with Crippen molar-refractivity contribution in [2.45, 2.75) is 10.8 Å². The van der Waals surface area contributed by atoms with Crippen LogP contribution < -0.4 is 24.2 Å². The lowest BCUT2D eigenvalue weighted by atomic mass is 9.61. The van der Waals surface area contributed by atoms with Crippen LogP contribution in [0.25, 0.3) is 132 Å². The number of fused-ring (bicyclic) bond motifs is 25. The number of nitrogens with zero attached hydrogens (tertiary/aromatic N) is 6. The summed E-state index contributed by atoms with van der Waals surface area (Å²) in [4.78, 5) is 22.7. The van der Waals surface area contributed by atoms with Gasteiger partial charge in [0.2, 0.25) is 0 Å². The fourth-order valence-electron chi connectivity index (χ4n) is 23.1. The minimum Gasteiger partial charge on any atom is -0.457 e. The van der Waals surface area contributed by atoms with Crippen LogP contribution in [0.3, 0.4) is 0 Å². The summed E-state index contributed by atoms with van der Waals surface area (Å²) in [7, 11) is 0. The highest BCUT2D eigenvalue weighted by Crippen LogP contribution is 2.65. The monoisotopic (exact) mass is 1850 g/mol. The van der Waals surface area contributed by atoms with Crippen LogP contribution in [0.1, 0.15) is 44.5 Å². The van der Waals surface area contributed by atoms with E-state index in [2.05, 4.69) is 561 Å². The van der Waals surface area contributed by atoms with Crippen LogP contribution in [0.15, 0.2) is 546 Å². The van der Waals surface area contributed by atoms with Gasteiger partial charge in [-0.05, 0) is 205 Å². The van der Waals surface area contributed by atoms with Crippen LogP contribution >= 0.6 is 0 Å². The van der Waals surface area contributed by atoms with Gasteiger partial charge < -0.3 is 24.2 Å². The zero-order chi connectivity index (χ0) is 95.9. The first kappa shape index (κ1) is 85.1. The number of pyridine rings is 3. The van der Waals surface area contributed by atoms with Gasteiger partial charge in [0.05, 0.1) is 67.2 Å². The van der Waals surface area contributed by atoms with Gasteiger partial charge in [-0.1, -0.05) is 413 Å². The fraction of sp³-hybridized carbons (Fsp3) is 0.0146. The molecule has 7 heterocycles. The molecule has 0 fully saturated rings. The van der Waals surface area contributed by atoms with Gasteiger partial charge in [-0.3, -0.25) is 0 Å². The van der Waals surface area contributed by atoms with Gasteiger partial charge in [0.1, 0.15) is 23.0 Å². The Labute approximate surface area is 840 Å². The molecule has 0 radical (unpaired) electrons. The highest BCUT2D eigenvalue weighted by Gasteiger charge is 2.53. The van der Waals surface area contributed by atoms with Gasteiger partial charge in [-0.25, -0.2) is 15.0 Å². The Balaban J connectivity index is 0.000000108. The predicted molar refractivity (Wildman–Crippen MR) is 598 cm³/mol. The molecule has 145 heavy (non-hydrogen) atoms. The second-order valence-corrected chi connectivity index (χ2v) is 37.4. The molecule has 0 aliphatic carbocycles. The van der Waals surface area contributed by atoms with E-state index in [0.29, 0.717) is 0 Å². The molecule has 4 aliphatic heterocycles. The second-order valence-electron chi connectivity index (χ2n) is 37.4. The summed E-state index contributed by atoms with van der Waals surface area (Å²) in [5.41, 5.74) is 35.0.